The quantitative estimate of drug-likeness (QED) is 0.706. The number of nitrogens with zero attached hydrogens (tertiary/aromatic N) is 1. The van der Waals surface area contributed by atoms with Crippen LogP contribution in [0, 0.1) is 18.3 Å². The second-order valence-corrected chi connectivity index (χ2v) is 3.88. The van der Waals surface area contributed by atoms with Crippen LogP contribution in [0.2, 0.25) is 0 Å². The van der Waals surface area contributed by atoms with Crippen LogP contribution in [-0.2, 0) is 0 Å². The summed E-state index contributed by atoms with van der Waals surface area (Å²) in [5, 5.41) is 8.90. The summed E-state index contributed by atoms with van der Waals surface area (Å²) >= 11 is 0. The van der Waals surface area contributed by atoms with Crippen LogP contribution in [-0.4, -0.2) is 0 Å². The SMILES string of the molecule is CCCC(C)c1ccc(C)c(C#N)c1. The highest BCUT2D eigenvalue weighted by molar-refractivity contribution is 5.40. The number of aryl methyl sites for hydroxylation is 1. The van der Waals surface area contributed by atoms with E-state index in [0.29, 0.717) is 5.92 Å². The van der Waals surface area contributed by atoms with E-state index in [-0.39, 0.29) is 0 Å². The molecule has 0 fully saturated rings. The predicted molar refractivity (Wildman–Crippen MR) is 59.2 cm³/mol. The lowest BCUT2D eigenvalue weighted by molar-refractivity contribution is 0.664. The second kappa shape index (κ2) is 4.81. The first-order valence-corrected chi connectivity index (χ1v) is 5.19. The first-order valence-electron chi connectivity index (χ1n) is 5.19. The van der Waals surface area contributed by atoms with Gasteiger partial charge >= 0.3 is 0 Å². The van der Waals surface area contributed by atoms with Crippen molar-refractivity contribution < 1.29 is 0 Å². The van der Waals surface area contributed by atoms with Crippen LogP contribution in [0.15, 0.2) is 18.2 Å². The topological polar surface area (TPSA) is 23.8 Å². The Hall–Kier alpha value is -1.29. The van der Waals surface area contributed by atoms with Crippen molar-refractivity contribution in [2.45, 2.75) is 39.5 Å². The fourth-order valence-electron chi connectivity index (χ4n) is 1.67. The van der Waals surface area contributed by atoms with Crippen molar-refractivity contribution in [1.82, 2.24) is 0 Å². The van der Waals surface area contributed by atoms with Gasteiger partial charge in [0.05, 0.1) is 11.6 Å². The summed E-state index contributed by atoms with van der Waals surface area (Å²) in [6.07, 6.45) is 2.38. The lowest BCUT2D eigenvalue weighted by Crippen LogP contribution is -1.94. The zero-order valence-corrected chi connectivity index (χ0v) is 9.17. The second-order valence-electron chi connectivity index (χ2n) is 3.88. The van der Waals surface area contributed by atoms with Crippen LogP contribution in [0.4, 0.5) is 0 Å². The van der Waals surface area contributed by atoms with Crippen molar-refractivity contribution in [3.63, 3.8) is 0 Å². The van der Waals surface area contributed by atoms with Crippen LogP contribution >= 0.6 is 0 Å². The molecule has 1 heteroatoms. The normalized spacial score (nSPS) is 12.1. The molecular formula is C13H17N. The van der Waals surface area contributed by atoms with E-state index in [9.17, 15) is 0 Å². The van der Waals surface area contributed by atoms with Gasteiger partial charge in [-0.3, -0.25) is 0 Å². The number of benzene rings is 1. The Labute approximate surface area is 86.4 Å². The minimum Gasteiger partial charge on any atom is -0.192 e. The number of hydrogen-bond donors (Lipinski definition) is 0. The summed E-state index contributed by atoms with van der Waals surface area (Å²) in [5.41, 5.74) is 3.17. The summed E-state index contributed by atoms with van der Waals surface area (Å²) in [5.74, 6) is 0.563. The van der Waals surface area contributed by atoms with Gasteiger partial charge in [-0.1, -0.05) is 32.4 Å². The molecule has 0 radical (unpaired) electrons. The summed E-state index contributed by atoms with van der Waals surface area (Å²) < 4.78 is 0. The molecule has 0 aliphatic rings. The molecule has 0 heterocycles. The van der Waals surface area contributed by atoms with Crippen LogP contribution in [0.1, 0.15) is 49.3 Å². The summed E-state index contributed by atoms with van der Waals surface area (Å²) in [7, 11) is 0. The van der Waals surface area contributed by atoms with E-state index in [1.54, 1.807) is 0 Å². The highest BCUT2D eigenvalue weighted by atomic mass is 14.2. The van der Waals surface area contributed by atoms with Gasteiger partial charge in [0.25, 0.3) is 0 Å². The van der Waals surface area contributed by atoms with E-state index in [0.717, 1.165) is 11.1 Å². The van der Waals surface area contributed by atoms with Crippen molar-refractivity contribution in [2.24, 2.45) is 0 Å². The Bertz CT molecular complexity index is 347. The molecule has 0 aliphatic heterocycles. The summed E-state index contributed by atoms with van der Waals surface area (Å²) in [6.45, 7) is 6.39. The first kappa shape index (κ1) is 10.8. The van der Waals surface area contributed by atoms with Gasteiger partial charge in [-0.15, -0.1) is 0 Å². The van der Waals surface area contributed by atoms with E-state index in [1.807, 2.05) is 19.1 Å². The average molecular weight is 187 g/mol. The lowest BCUT2D eigenvalue weighted by Gasteiger charge is -2.11. The van der Waals surface area contributed by atoms with Crippen molar-refractivity contribution in [3.05, 3.63) is 34.9 Å². The first-order chi connectivity index (χ1) is 6.69. The van der Waals surface area contributed by atoms with Crippen LogP contribution in [0.25, 0.3) is 0 Å². The number of nitriles is 1. The third-order valence-electron chi connectivity index (χ3n) is 2.67. The largest absolute Gasteiger partial charge is 0.192 e. The molecule has 1 rings (SSSR count). The molecule has 14 heavy (non-hydrogen) atoms. The van der Waals surface area contributed by atoms with Gasteiger partial charge in [0.15, 0.2) is 0 Å². The molecule has 0 aromatic heterocycles. The van der Waals surface area contributed by atoms with Gasteiger partial charge < -0.3 is 0 Å². The Morgan fingerprint density at radius 1 is 1.43 bits per heavy atom. The molecule has 0 spiro atoms. The number of rotatable bonds is 3. The third-order valence-corrected chi connectivity index (χ3v) is 2.67. The molecule has 0 aliphatic carbocycles. The Morgan fingerprint density at radius 3 is 2.71 bits per heavy atom. The minimum atomic E-state index is 0.563. The maximum atomic E-state index is 8.90. The average Bonchev–Trinajstić information content (AvgIpc) is 2.19. The van der Waals surface area contributed by atoms with E-state index >= 15 is 0 Å². The zero-order valence-electron chi connectivity index (χ0n) is 9.17. The third kappa shape index (κ3) is 2.35. The van der Waals surface area contributed by atoms with Gasteiger partial charge in [-0.25, -0.2) is 0 Å². The zero-order chi connectivity index (χ0) is 10.6. The fraction of sp³-hybridized carbons (Fsp3) is 0.462. The summed E-state index contributed by atoms with van der Waals surface area (Å²) in [4.78, 5) is 0. The van der Waals surface area contributed by atoms with E-state index in [2.05, 4.69) is 26.0 Å². The van der Waals surface area contributed by atoms with Crippen LogP contribution in [0.3, 0.4) is 0 Å². The van der Waals surface area contributed by atoms with Gasteiger partial charge in [-0.2, -0.15) is 5.26 Å². The maximum absolute atomic E-state index is 8.90. The Morgan fingerprint density at radius 2 is 2.14 bits per heavy atom. The molecule has 0 N–H and O–H groups in total. The standard InChI is InChI=1S/C13H17N/c1-4-5-10(2)12-7-6-11(3)13(8-12)9-14/h6-8,10H,4-5H2,1-3H3. The molecule has 1 aromatic rings. The molecule has 0 amide bonds. The monoisotopic (exact) mass is 187 g/mol. The van der Waals surface area contributed by atoms with E-state index < -0.39 is 0 Å². The van der Waals surface area contributed by atoms with Crippen molar-refractivity contribution in [2.75, 3.05) is 0 Å². The van der Waals surface area contributed by atoms with E-state index in [4.69, 9.17) is 5.26 Å². The van der Waals surface area contributed by atoms with Crippen molar-refractivity contribution in [3.8, 4) is 6.07 Å². The van der Waals surface area contributed by atoms with Gasteiger partial charge in [-0.05, 0) is 36.5 Å². The van der Waals surface area contributed by atoms with Crippen molar-refractivity contribution >= 4 is 0 Å². The molecule has 0 saturated heterocycles. The van der Waals surface area contributed by atoms with Crippen LogP contribution < -0.4 is 0 Å². The van der Waals surface area contributed by atoms with Crippen LogP contribution in [0.5, 0.6) is 0 Å². The molecule has 1 atom stereocenters. The van der Waals surface area contributed by atoms with E-state index in [1.165, 1.54) is 18.4 Å². The molecule has 74 valence electrons. The predicted octanol–water partition coefficient (Wildman–Crippen LogP) is 3.77. The van der Waals surface area contributed by atoms with Gasteiger partial charge in [0, 0.05) is 0 Å². The van der Waals surface area contributed by atoms with Crippen molar-refractivity contribution in [1.29, 1.82) is 5.26 Å². The highest BCUT2D eigenvalue weighted by Crippen LogP contribution is 2.22. The minimum absolute atomic E-state index is 0.563. The fourth-order valence-corrected chi connectivity index (χ4v) is 1.67. The van der Waals surface area contributed by atoms with Gasteiger partial charge in [0.2, 0.25) is 0 Å². The molecule has 0 saturated carbocycles. The number of hydrogen-bond acceptors (Lipinski definition) is 1. The maximum Gasteiger partial charge on any atom is 0.0994 e. The molecule has 0 bridgehead atoms. The molecule has 1 aromatic carbocycles. The summed E-state index contributed by atoms with van der Waals surface area (Å²) in [6, 6.07) is 8.43. The Kier molecular flexibility index (Phi) is 3.71. The Balaban J connectivity index is 2.95. The smallest absolute Gasteiger partial charge is 0.0994 e. The molecule has 1 unspecified atom stereocenters. The van der Waals surface area contributed by atoms with Gasteiger partial charge in [0.1, 0.15) is 0 Å². The highest BCUT2D eigenvalue weighted by Gasteiger charge is 2.06. The molecule has 1 nitrogen and oxygen atoms in total. The molecular weight excluding hydrogens is 170 g/mol. The lowest BCUT2D eigenvalue weighted by atomic mass is 9.94.